The molecule has 4 heteroatoms. The highest BCUT2D eigenvalue weighted by molar-refractivity contribution is 5.97. The molecule has 0 spiro atoms. The normalized spacial score (nSPS) is 26.4. The van der Waals surface area contributed by atoms with Gasteiger partial charge in [0.05, 0.1) is 17.8 Å². The maximum atomic E-state index is 12.4. The van der Waals surface area contributed by atoms with Crippen LogP contribution in [0.4, 0.5) is 0 Å². The number of phenols is 1. The quantitative estimate of drug-likeness (QED) is 0.821. The van der Waals surface area contributed by atoms with Crippen molar-refractivity contribution in [2.75, 3.05) is 13.1 Å². The molecule has 2 saturated heterocycles. The molecule has 2 atom stereocenters. The number of likely N-dealkylation sites (tertiary alicyclic amines) is 1. The Morgan fingerprint density at radius 3 is 2.67 bits per heavy atom. The number of ether oxygens (including phenoxy) is 1. The first-order chi connectivity index (χ1) is 8.65. The number of aryl methyl sites for hydroxylation is 1. The highest BCUT2D eigenvalue weighted by Gasteiger charge is 2.36. The number of aromatic hydroxyl groups is 1. The third-order valence-electron chi connectivity index (χ3n) is 3.80. The van der Waals surface area contributed by atoms with Crippen LogP contribution in [0.1, 0.15) is 28.8 Å². The molecule has 1 aromatic carbocycles. The zero-order valence-electron chi connectivity index (χ0n) is 10.4. The summed E-state index contributed by atoms with van der Waals surface area (Å²) < 4.78 is 5.71. The molecular weight excluding hydrogens is 230 g/mol. The molecule has 1 amide bonds. The van der Waals surface area contributed by atoms with E-state index in [-0.39, 0.29) is 23.9 Å². The van der Waals surface area contributed by atoms with Crippen molar-refractivity contribution in [3.8, 4) is 5.75 Å². The van der Waals surface area contributed by atoms with Crippen LogP contribution in [0.15, 0.2) is 18.2 Å². The lowest BCUT2D eigenvalue weighted by atomic mass is 10.1. The van der Waals surface area contributed by atoms with E-state index in [1.165, 1.54) is 0 Å². The van der Waals surface area contributed by atoms with E-state index in [4.69, 9.17) is 4.74 Å². The van der Waals surface area contributed by atoms with Gasteiger partial charge in [0.1, 0.15) is 5.75 Å². The number of nitrogens with zero attached hydrogens (tertiary/aromatic N) is 1. The number of morpholine rings is 1. The Morgan fingerprint density at radius 2 is 2.00 bits per heavy atom. The maximum absolute atomic E-state index is 12.4. The summed E-state index contributed by atoms with van der Waals surface area (Å²) in [7, 11) is 0. The molecule has 18 heavy (non-hydrogen) atoms. The number of hydrogen-bond acceptors (Lipinski definition) is 3. The number of para-hydroxylation sites is 1. The molecule has 0 aromatic heterocycles. The average Bonchev–Trinajstić information content (AvgIpc) is 2.71. The molecule has 2 fully saturated rings. The summed E-state index contributed by atoms with van der Waals surface area (Å²) in [6, 6.07) is 5.29. The van der Waals surface area contributed by atoms with E-state index < -0.39 is 0 Å². The largest absolute Gasteiger partial charge is 0.507 e. The van der Waals surface area contributed by atoms with Crippen LogP contribution in [0, 0.1) is 6.92 Å². The Morgan fingerprint density at radius 1 is 1.33 bits per heavy atom. The minimum absolute atomic E-state index is 0.0867. The van der Waals surface area contributed by atoms with E-state index in [2.05, 4.69) is 0 Å². The fraction of sp³-hybridized carbons (Fsp3) is 0.500. The summed E-state index contributed by atoms with van der Waals surface area (Å²) >= 11 is 0. The monoisotopic (exact) mass is 247 g/mol. The second kappa shape index (κ2) is 4.28. The summed E-state index contributed by atoms with van der Waals surface area (Å²) in [4.78, 5) is 14.2. The SMILES string of the molecule is Cc1cccc(C(=O)N2CC3CCC(C2)O3)c1O. The lowest BCUT2D eigenvalue weighted by Crippen LogP contribution is -2.45. The zero-order chi connectivity index (χ0) is 12.7. The molecule has 96 valence electrons. The predicted molar refractivity (Wildman–Crippen MR) is 66.6 cm³/mol. The average molecular weight is 247 g/mol. The van der Waals surface area contributed by atoms with E-state index in [1.807, 2.05) is 0 Å². The van der Waals surface area contributed by atoms with Crippen LogP contribution >= 0.6 is 0 Å². The molecule has 2 aliphatic heterocycles. The van der Waals surface area contributed by atoms with Gasteiger partial charge in [-0.2, -0.15) is 0 Å². The third kappa shape index (κ3) is 1.86. The Labute approximate surface area is 106 Å². The topological polar surface area (TPSA) is 49.8 Å². The first kappa shape index (κ1) is 11.5. The van der Waals surface area contributed by atoms with Crippen molar-refractivity contribution in [2.45, 2.75) is 32.0 Å². The number of fused-ring (bicyclic) bond motifs is 2. The fourth-order valence-corrected chi connectivity index (χ4v) is 2.78. The number of carbonyl (C=O) groups is 1. The molecule has 4 nitrogen and oxygen atoms in total. The van der Waals surface area contributed by atoms with Crippen LogP contribution in [0.3, 0.4) is 0 Å². The zero-order valence-corrected chi connectivity index (χ0v) is 10.4. The van der Waals surface area contributed by atoms with E-state index in [9.17, 15) is 9.90 Å². The number of benzene rings is 1. The van der Waals surface area contributed by atoms with E-state index >= 15 is 0 Å². The summed E-state index contributed by atoms with van der Waals surface area (Å²) in [5.41, 5.74) is 1.13. The van der Waals surface area contributed by atoms with Gasteiger partial charge in [-0.25, -0.2) is 0 Å². The summed E-state index contributed by atoms with van der Waals surface area (Å²) in [5, 5.41) is 9.97. The van der Waals surface area contributed by atoms with Crippen LogP contribution in [-0.2, 0) is 4.74 Å². The van der Waals surface area contributed by atoms with Gasteiger partial charge in [0.25, 0.3) is 5.91 Å². The van der Waals surface area contributed by atoms with Gasteiger partial charge in [0, 0.05) is 13.1 Å². The fourth-order valence-electron chi connectivity index (χ4n) is 2.78. The van der Waals surface area contributed by atoms with Crippen molar-refractivity contribution in [2.24, 2.45) is 0 Å². The molecule has 2 unspecified atom stereocenters. The van der Waals surface area contributed by atoms with Gasteiger partial charge < -0.3 is 14.7 Å². The number of phenolic OH excluding ortho intramolecular Hbond substituents is 1. The number of rotatable bonds is 1. The molecule has 0 saturated carbocycles. The van der Waals surface area contributed by atoms with E-state index in [1.54, 1.807) is 30.0 Å². The highest BCUT2D eigenvalue weighted by atomic mass is 16.5. The Bertz CT molecular complexity index is 474. The third-order valence-corrected chi connectivity index (χ3v) is 3.80. The molecule has 1 N–H and O–H groups in total. The molecular formula is C14H17NO3. The van der Waals surface area contributed by atoms with Gasteiger partial charge in [-0.1, -0.05) is 12.1 Å². The van der Waals surface area contributed by atoms with Crippen molar-refractivity contribution in [1.29, 1.82) is 0 Å². The molecule has 2 aliphatic rings. The summed E-state index contributed by atoms with van der Waals surface area (Å²) in [5.74, 6) is 0.0118. The molecule has 2 bridgehead atoms. The smallest absolute Gasteiger partial charge is 0.257 e. The predicted octanol–water partition coefficient (Wildman–Crippen LogP) is 1.70. The van der Waals surface area contributed by atoms with Gasteiger partial charge in [-0.15, -0.1) is 0 Å². The first-order valence-corrected chi connectivity index (χ1v) is 6.38. The minimum Gasteiger partial charge on any atom is -0.507 e. The van der Waals surface area contributed by atoms with Crippen molar-refractivity contribution >= 4 is 5.91 Å². The van der Waals surface area contributed by atoms with Crippen molar-refractivity contribution in [3.05, 3.63) is 29.3 Å². The standard InChI is InChI=1S/C14H17NO3/c1-9-3-2-4-12(13(9)16)14(17)15-7-10-5-6-11(8-15)18-10/h2-4,10-11,16H,5-8H2,1H3. The van der Waals surface area contributed by atoms with Crippen LogP contribution in [0.5, 0.6) is 5.75 Å². The second-order valence-electron chi connectivity index (χ2n) is 5.14. The van der Waals surface area contributed by atoms with Crippen molar-refractivity contribution < 1.29 is 14.6 Å². The molecule has 2 heterocycles. The molecule has 0 radical (unpaired) electrons. The maximum Gasteiger partial charge on any atom is 0.257 e. The van der Waals surface area contributed by atoms with Gasteiger partial charge in [-0.3, -0.25) is 4.79 Å². The van der Waals surface area contributed by atoms with Gasteiger partial charge in [0.2, 0.25) is 0 Å². The van der Waals surface area contributed by atoms with Crippen molar-refractivity contribution in [1.82, 2.24) is 4.90 Å². The van der Waals surface area contributed by atoms with Gasteiger partial charge in [-0.05, 0) is 31.4 Å². The first-order valence-electron chi connectivity index (χ1n) is 6.38. The molecule has 1 aromatic rings. The highest BCUT2D eigenvalue weighted by Crippen LogP contribution is 2.29. The van der Waals surface area contributed by atoms with Crippen LogP contribution in [0.2, 0.25) is 0 Å². The van der Waals surface area contributed by atoms with Crippen LogP contribution < -0.4 is 0 Å². The van der Waals surface area contributed by atoms with Crippen LogP contribution in [-0.4, -0.2) is 41.2 Å². The molecule has 0 aliphatic carbocycles. The minimum atomic E-state index is -0.0867. The lowest BCUT2D eigenvalue weighted by Gasteiger charge is -2.32. The molecule has 3 rings (SSSR count). The van der Waals surface area contributed by atoms with E-state index in [0.717, 1.165) is 18.4 Å². The Balaban J connectivity index is 1.84. The van der Waals surface area contributed by atoms with Gasteiger partial charge in [0.15, 0.2) is 0 Å². The van der Waals surface area contributed by atoms with Crippen molar-refractivity contribution in [3.63, 3.8) is 0 Å². The number of hydrogen-bond donors (Lipinski definition) is 1. The lowest BCUT2D eigenvalue weighted by molar-refractivity contribution is -0.0304. The Kier molecular flexibility index (Phi) is 2.74. The number of amides is 1. The Hall–Kier alpha value is -1.55. The summed E-state index contributed by atoms with van der Waals surface area (Å²) in [6.07, 6.45) is 2.43. The van der Waals surface area contributed by atoms with Gasteiger partial charge >= 0.3 is 0 Å². The van der Waals surface area contributed by atoms with Crippen LogP contribution in [0.25, 0.3) is 0 Å². The van der Waals surface area contributed by atoms with E-state index in [0.29, 0.717) is 18.7 Å². The summed E-state index contributed by atoms with van der Waals surface area (Å²) in [6.45, 7) is 3.08. The number of carbonyl (C=O) groups excluding carboxylic acids is 1. The second-order valence-corrected chi connectivity index (χ2v) is 5.14.